The van der Waals surface area contributed by atoms with E-state index in [1.165, 1.54) is 5.56 Å². The van der Waals surface area contributed by atoms with Gasteiger partial charge in [-0.1, -0.05) is 47.5 Å². The molecule has 3 aromatic rings. The van der Waals surface area contributed by atoms with Gasteiger partial charge in [-0.15, -0.1) is 0 Å². The van der Waals surface area contributed by atoms with E-state index in [-0.39, 0.29) is 17.5 Å². The highest BCUT2D eigenvalue weighted by molar-refractivity contribution is 6.31. The van der Waals surface area contributed by atoms with Crippen LogP contribution in [-0.4, -0.2) is 35.8 Å². The van der Waals surface area contributed by atoms with Gasteiger partial charge in [0.1, 0.15) is 0 Å². The third-order valence-corrected chi connectivity index (χ3v) is 8.28. The van der Waals surface area contributed by atoms with E-state index in [4.69, 9.17) is 28.9 Å². The SMILES string of the molecule is CN1CNC[C@@H]1[C@@](N)(c1ccc(Cl)cc1)[C@H]1CCc2c(c(-c3cccc(Cl)c3)cc(=O)n2C)C1. The van der Waals surface area contributed by atoms with Gasteiger partial charge in [0.2, 0.25) is 0 Å². The average molecular weight is 497 g/mol. The number of nitrogens with zero attached hydrogens (tertiary/aromatic N) is 2. The normalized spacial score (nSPS) is 22.4. The molecule has 3 N–H and O–H groups in total. The van der Waals surface area contributed by atoms with Gasteiger partial charge in [-0.25, -0.2) is 0 Å². The van der Waals surface area contributed by atoms with Gasteiger partial charge < -0.3 is 15.6 Å². The second kappa shape index (κ2) is 9.14. The molecule has 2 aromatic carbocycles. The lowest BCUT2D eigenvalue weighted by molar-refractivity contribution is 0.125. The highest BCUT2D eigenvalue weighted by Crippen LogP contribution is 2.43. The van der Waals surface area contributed by atoms with Crippen LogP contribution in [0.2, 0.25) is 10.0 Å². The molecule has 3 atom stereocenters. The summed E-state index contributed by atoms with van der Waals surface area (Å²) in [6.45, 7) is 1.64. The maximum absolute atomic E-state index is 12.8. The Morgan fingerprint density at radius 1 is 1.06 bits per heavy atom. The Hall–Kier alpha value is -2.15. The van der Waals surface area contributed by atoms with Crippen LogP contribution in [0.3, 0.4) is 0 Å². The molecule has 5 nitrogen and oxygen atoms in total. The van der Waals surface area contributed by atoms with Gasteiger partial charge in [-0.05, 0) is 78.7 Å². The van der Waals surface area contributed by atoms with Crippen LogP contribution in [0.25, 0.3) is 11.1 Å². The lowest BCUT2D eigenvalue weighted by atomic mass is 9.66. The minimum atomic E-state index is -0.583. The van der Waals surface area contributed by atoms with Crippen molar-refractivity contribution in [1.29, 1.82) is 0 Å². The van der Waals surface area contributed by atoms with Crippen molar-refractivity contribution < 1.29 is 0 Å². The zero-order valence-corrected chi connectivity index (χ0v) is 21.0. The molecule has 0 spiro atoms. The number of benzene rings is 2. The van der Waals surface area contributed by atoms with Crippen LogP contribution in [0.4, 0.5) is 0 Å². The van der Waals surface area contributed by atoms with E-state index in [9.17, 15) is 4.79 Å². The van der Waals surface area contributed by atoms with E-state index >= 15 is 0 Å². The number of fused-ring (bicyclic) bond motifs is 1. The minimum absolute atomic E-state index is 0.00335. The van der Waals surface area contributed by atoms with Gasteiger partial charge in [0, 0.05) is 48.1 Å². The fraction of sp³-hybridized carbons (Fsp3) is 0.370. The van der Waals surface area contributed by atoms with Crippen LogP contribution in [0.15, 0.2) is 59.4 Å². The smallest absolute Gasteiger partial charge is 0.251 e. The standard InChI is InChI=1S/C27H30Cl2N4O/c1-32-16-31-15-25(32)27(30,18-6-9-20(28)10-7-18)19-8-11-24-23(13-19)22(14-26(34)33(24)2)17-4-3-5-21(29)12-17/h3-7,9-10,12,14,19,25,31H,8,11,13,15-16,30H2,1-2H3/t19-,25+,27+/m0/s1. The predicted octanol–water partition coefficient (Wildman–Crippen LogP) is 4.18. The lowest BCUT2D eigenvalue weighted by Crippen LogP contribution is -2.59. The molecular weight excluding hydrogens is 467 g/mol. The van der Waals surface area contributed by atoms with Crippen LogP contribution in [0, 0.1) is 5.92 Å². The number of hydrogen-bond acceptors (Lipinski definition) is 4. The molecule has 2 aliphatic rings. The monoisotopic (exact) mass is 496 g/mol. The first kappa shape index (κ1) is 23.6. The summed E-state index contributed by atoms with van der Waals surface area (Å²) in [5.74, 6) is 0.184. The fourth-order valence-electron chi connectivity index (χ4n) is 5.94. The van der Waals surface area contributed by atoms with Crippen LogP contribution in [-0.2, 0) is 25.4 Å². The van der Waals surface area contributed by atoms with E-state index in [0.29, 0.717) is 10.0 Å². The largest absolute Gasteiger partial charge is 0.320 e. The highest BCUT2D eigenvalue weighted by Gasteiger charge is 2.48. The Labute approximate surface area is 210 Å². The van der Waals surface area contributed by atoms with Crippen LogP contribution in [0.5, 0.6) is 0 Å². The molecule has 0 unspecified atom stereocenters. The second-order valence-corrected chi connectivity index (χ2v) is 10.5. The fourth-order valence-corrected chi connectivity index (χ4v) is 6.26. The Kier molecular flexibility index (Phi) is 6.34. The summed E-state index contributed by atoms with van der Waals surface area (Å²) in [7, 11) is 3.99. The Morgan fingerprint density at radius 3 is 2.50 bits per heavy atom. The molecule has 1 fully saturated rings. The quantitative estimate of drug-likeness (QED) is 0.568. The number of halogens is 2. The third kappa shape index (κ3) is 4.00. The molecule has 34 heavy (non-hydrogen) atoms. The molecule has 0 bridgehead atoms. The Bertz CT molecular complexity index is 1270. The number of aromatic nitrogens is 1. The van der Waals surface area contributed by atoms with Crippen molar-refractivity contribution in [2.45, 2.75) is 30.8 Å². The minimum Gasteiger partial charge on any atom is -0.320 e. The molecule has 0 radical (unpaired) electrons. The van der Waals surface area contributed by atoms with Crippen molar-refractivity contribution in [3.8, 4) is 11.1 Å². The number of nitrogens with one attached hydrogen (secondary N) is 1. The average Bonchev–Trinajstić information content (AvgIpc) is 3.27. The summed E-state index contributed by atoms with van der Waals surface area (Å²) < 4.78 is 1.79. The number of hydrogen-bond donors (Lipinski definition) is 2. The van der Waals surface area contributed by atoms with Crippen molar-refractivity contribution in [3.05, 3.63) is 91.8 Å². The first-order valence-corrected chi connectivity index (χ1v) is 12.5. The molecule has 1 aliphatic heterocycles. The van der Waals surface area contributed by atoms with Crippen LogP contribution >= 0.6 is 23.2 Å². The summed E-state index contributed by atoms with van der Waals surface area (Å²) in [6.07, 6.45) is 2.49. The third-order valence-electron chi connectivity index (χ3n) is 7.79. The molecule has 5 rings (SSSR count). The topological polar surface area (TPSA) is 63.3 Å². The number of pyridine rings is 1. The summed E-state index contributed by atoms with van der Waals surface area (Å²) in [5, 5.41) is 4.85. The molecule has 2 heterocycles. The van der Waals surface area contributed by atoms with Crippen LogP contribution < -0.4 is 16.6 Å². The van der Waals surface area contributed by atoms with E-state index < -0.39 is 5.54 Å². The number of likely N-dealkylation sites (N-methyl/N-ethyl adjacent to an activating group) is 1. The van der Waals surface area contributed by atoms with Gasteiger partial charge in [-0.3, -0.25) is 9.69 Å². The Morgan fingerprint density at radius 2 is 1.82 bits per heavy atom. The van der Waals surface area contributed by atoms with Crippen molar-refractivity contribution >= 4 is 23.2 Å². The molecule has 178 valence electrons. The summed E-state index contributed by atoms with van der Waals surface area (Å²) in [6, 6.07) is 17.6. The first-order chi connectivity index (χ1) is 16.3. The number of rotatable bonds is 4. The van der Waals surface area contributed by atoms with Crippen molar-refractivity contribution in [2.24, 2.45) is 18.7 Å². The zero-order valence-electron chi connectivity index (χ0n) is 19.5. The highest BCUT2D eigenvalue weighted by atomic mass is 35.5. The molecule has 1 aromatic heterocycles. The number of nitrogens with two attached hydrogens (primary N) is 1. The lowest BCUT2D eigenvalue weighted by Gasteiger charge is -2.47. The maximum atomic E-state index is 12.8. The van der Waals surface area contributed by atoms with Crippen molar-refractivity contribution in [3.63, 3.8) is 0 Å². The van der Waals surface area contributed by atoms with Gasteiger partial charge in [0.05, 0.1) is 5.54 Å². The molecular formula is C27H30Cl2N4O. The first-order valence-electron chi connectivity index (χ1n) is 11.7. The summed E-state index contributed by atoms with van der Waals surface area (Å²) >= 11 is 12.5. The van der Waals surface area contributed by atoms with E-state index in [0.717, 1.165) is 54.9 Å². The molecule has 1 aliphatic carbocycles. The van der Waals surface area contributed by atoms with Crippen molar-refractivity contribution in [1.82, 2.24) is 14.8 Å². The molecule has 0 saturated carbocycles. The van der Waals surface area contributed by atoms with Gasteiger partial charge in [0.15, 0.2) is 0 Å². The maximum Gasteiger partial charge on any atom is 0.251 e. The summed E-state index contributed by atoms with van der Waals surface area (Å²) in [4.78, 5) is 15.1. The molecule has 7 heteroatoms. The second-order valence-electron chi connectivity index (χ2n) is 9.66. The summed E-state index contributed by atoms with van der Waals surface area (Å²) in [5.41, 5.74) is 12.2. The van der Waals surface area contributed by atoms with E-state index in [1.807, 2.05) is 43.4 Å². The van der Waals surface area contributed by atoms with Gasteiger partial charge in [-0.2, -0.15) is 0 Å². The van der Waals surface area contributed by atoms with E-state index in [1.54, 1.807) is 10.6 Å². The van der Waals surface area contributed by atoms with Crippen molar-refractivity contribution in [2.75, 3.05) is 20.3 Å². The Balaban J connectivity index is 1.64. The molecule has 0 amide bonds. The van der Waals surface area contributed by atoms with Crippen LogP contribution in [0.1, 0.15) is 23.2 Å². The van der Waals surface area contributed by atoms with Gasteiger partial charge in [0.25, 0.3) is 5.56 Å². The van der Waals surface area contributed by atoms with E-state index in [2.05, 4.69) is 29.4 Å². The molecule has 1 saturated heterocycles. The predicted molar refractivity (Wildman–Crippen MR) is 139 cm³/mol. The zero-order chi connectivity index (χ0) is 24.0. The van der Waals surface area contributed by atoms with Gasteiger partial charge >= 0.3 is 0 Å².